The van der Waals surface area contributed by atoms with E-state index in [0.29, 0.717) is 18.1 Å². The van der Waals surface area contributed by atoms with Crippen molar-refractivity contribution in [2.45, 2.75) is 13.1 Å². The second-order valence-corrected chi connectivity index (χ2v) is 4.90. The lowest BCUT2D eigenvalue weighted by Gasteiger charge is -2.00. The molecule has 0 saturated heterocycles. The smallest absolute Gasteiger partial charge is 0.134 e. The van der Waals surface area contributed by atoms with Crippen LogP contribution in [0.5, 0.6) is 0 Å². The van der Waals surface area contributed by atoms with Crippen molar-refractivity contribution in [1.82, 2.24) is 5.32 Å². The lowest BCUT2D eigenvalue weighted by Crippen LogP contribution is -2.11. The number of halogens is 2. The average Bonchev–Trinajstić information content (AvgIpc) is 3.10. The molecule has 1 N–H and O–H groups in total. The van der Waals surface area contributed by atoms with Gasteiger partial charge in [0.05, 0.1) is 19.4 Å². The molecule has 0 radical (unpaired) electrons. The summed E-state index contributed by atoms with van der Waals surface area (Å²) in [6, 6.07) is 15.4. The van der Waals surface area contributed by atoms with Crippen LogP contribution in [-0.2, 0) is 13.1 Å². The molecule has 3 aromatic rings. The topological polar surface area (TPSA) is 38.3 Å². The van der Waals surface area contributed by atoms with E-state index in [1.54, 1.807) is 6.26 Å². The first-order valence-electron chi connectivity index (χ1n) is 6.39. The van der Waals surface area contributed by atoms with Gasteiger partial charge >= 0.3 is 0 Å². The number of hydrogen-bond donors (Lipinski definition) is 1. The summed E-state index contributed by atoms with van der Waals surface area (Å²) in [4.78, 5) is 0. The first kappa shape index (κ1) is 15.7. The van der Waals surface area contributed by atoms with Crippen molar-refractivity contribution in [1.29, 1.82) is 0 Å². The minimum atomic E-state index is 0. The Labute approximate surface area is 134 Å². The maximum atomic E-state index is 5.98. The Morgan fingerprint density at radius 2 is 1.81 bits per heavy atom. The summed E-state index contributed by atoms with van der Waals surface area (Å²) in [7, 11) is 0. The van der Waals surface area contributed by atoms with E-state index in [0.717, 1.165) is 22.8 Å². The first-order chi connectivity index (χ1) is 9.81. The van der Waals surface area contributed by atoms with E-state index in [4.69, 9.17) is 20.4 Å². The van der Waals surface area contributed by atoms with Crippen molar-refractivity contribution in [2.24, 2.45) is 0 Å². The SMILES string of the molecule is Cl.Clc1cccc(-c2ccc(CNCc3ccco3)o2)c1. The van der Waals surface area contributed by atoms with Crippen molar-refractivity contribution in [2.75, 3.05) is 0 Å². The Balaban J connectivity index is 0.00000161. The number of furan rings is 2. The zero-order chi connectivity index (χ0) is 13.8. The van der Waals surface area contributed by atoms with E-state index in [-0.39, 0.29) is 12.4 Å². The van der Waals surface area contributed by atoms with Gasteiger partial charge in [-0.25, -0.2) is 0 Å². The van der Waals surface area contributed by atoms with E-state index >= 15 is 0 Å². The molecule has 21 heavy (non-hydrogen) atoms. The molecule has 0 bridgehead atoms. The van der Waals surface area contributed by atoms with Gasteiger partial charge in [0.15, 0.2) is 0 Å². The molecule has 0 saturated carbocycles. The quantitative estimate of drug-likeness (QED) is 0.725. The van der Waals surface area contributed by atoms with Crippen LogP contribution in [0.25, 0.3) is 11.3 Å². The maximum Gasteiger partial charge on any atom is 0.134 e. The van der Waals surface area contributed by atoms with Crippen molar-refractivity contribution in [3.05, 3.63) is 71.3 Å². The van der Waals surface area contributed by atoms with Gasteiger partial charge in [-0.15, -0.1) is 12.4 Å². The number of hydrogen-bond acceptors (Lipinski definition) is 3. The van der Waals surface area contributed by atoms with Gasteiger partial charge in [-0.05, 0) is 36.4 Å². The molecule has 0 unspecified atom stereocenters. The summed E-state index contributed by atoms with van der Waals surface area (Å²) in [5, 5.41) is 3.97. The van der Waals surface area contributed by atoms with Crippen LogP contribution < -0.4 is 5.32 Å². The summed E-state index contributed by atoms with van der Waals surface area (Å²) in [6.07, 6.45) is 1.67. The van der Waals surface area contributed by atoms with Crippen LogP contribution in [0, 0.1) is 0 Å². The summed E-state index contributed by atoms with van der Waals surface area (Å²) in [5.74, 6) is 2.61. The molecular weight excluding hydrogens is 309 g/mol. The van der Waals surface area contributed by atoms with E-state index in [2.05, 4.69) is 5.32 Å². The summed E-state index contributed by atoms with van der Waals surface area (Å²) in [6.45, 7) is 1.33. The number of benzene rings is 1. The predicted octanol–water partition coefficient (Wildman–Crippen LogP) is 4.90. The highest BCUT2D eigenvalue weighted by molar-refractivity contribution is 6.30. The molecule has 2 heterocycles. The van der Waals surface area contributed by atoms with E-state index < -0.39 is 0 Å². The van der Waals surface area contributed by atoms with Crippen LogP contribution in [0.2, 0.25) is 5.02 Å². The average molecular weight is 324 g/mol. The zero-order valence-electron chi connectivity index (χ0n) is 11.2. The molecule has 0 spiro atoms. The van der Waals surface area contributed by atoms with Crippen molar-refractivity contribution < 1.29 is 8.83 Å². The minimum Gasteiger partial charge on any atom is -0.468 e. The molecule has 1 aromatic carbocycles. The van der Waals surface area contributed by atoms with Crippen LogP contribution >= 0.6 is 24.0 Å². The van der Waals surface area contributed by atoms with Crippen LogP contribution in [0.1, 0.15) is 11.5 Å². The monoisotopic (exact) mass is 323 g/mol. The molecule has 0 amide bonds. The Hall–Kier alpha value is -1.68. The molecule has 0 aliphatic carbocycles. The summed E-state index contributed by atoms with van der Waals surface area (Å²) in [5.41, 5.74) is 0.981. The highest BCUT2D eigenvalue weighted by Gasteiger charge is 2.05. The van der Waals surface area contributed by atoms with Crippen molar-refractivity contribution in [3.8, 4) is 11.3 Å². The van der Waals surface area contributed by atoms with Gasteiger partial charge in [-0.3, -0.25) is 0 Å². The second-order valence-electron chi connectivity index (χ2n) is 4.46. The Kier molecular flexibility index (Phi) is 5.51. The fraction of sp³-hybridized carbons (Fsp3) is 0.125. The minimum absolute atomic E-state index is 0. The van der Waals surface area contributed by atoms with Crippen molar-refractivity contribution >= 4 is 24.0 Å². The molecule has 0 fully saturated rings. The fourth-order valence-corrected chi connectivity index (χ4v) is 2.18. The second kappa shape index (κ2) is 7.36. The van der Waals surface area contributed by atoms with Gasteiger partial charge in [0.1, 0.15) is 17.3 Å². The lowest BCUT2D eigenvalue weighted by atomic mass is 10.2. The van der Waals surface area contributed by atoms with Gasteiger partial charge < -0.3 is 14.2 Å². The molecule has 0 atom stereocenters. The fourth-order valence-electron chi connectivity index (χ4n) is 1.99. The summed E-state index contributed by atoms with van der Waals surface area (Å²) >= 11 is 5.98. The molecule has 0 aliphatic rings. The Morgan fingerprint density at radius 1 is 0.952 bits per heavy atom. The van der Waals surface area contributed by atoms with E-state index in [9.17, 15) is 0 Å². The normalized spacial score (nSPS) is 10.3. The number of nitrogens with one attached hydrogen (secondary N) is 1. The summed E-state index contributed by atoms with van der Waals surface area (Å²) < 4.78 is 11.0. The molecule has 3 nitrogen and oxygen atoms in total. The van der Waals surface area contributed by atoms with Crippen LogP contribution in [0.3, 0.4) is 0 Å². The molecular formula is C16H15Cl2NO2. The zero-order valence-corrected chi connectivity index (χ0v) is 12.8. The molecule has 3 rings (SSSR count). The third-order valence-electron chi connectivity index (χ3n) is 2.95. The Bertz CT molecular complexity index is 677. The van der Waals surface area contributed by atoms with Gasteiger partial charge in [0.25, 0.3) is 0 Å². The highest BCUT2D eigenvalue weighted by Crippen LogP contribution is 2.24. The molecule has 5 heteroatoms. The standard InChI is InChI=1S/C16H14ClNO2.ClH/c17-13-4-1-3-12(9-13)16-7-6-15(20-16)11-18-10-14-5-2-8-19-14;/h1-9,18H,10-11H2;1H. The van der Waals surface area contributed by atoms with Crippen LogP contribution in [-0.4, -0.2) is 0 Å². The third-order valence-corrected chi connectivity index (χ3v) is 3.18. The number of rotatable bonds is 5. The molecule has 2 aromatic heterocycles. The van der Waals surface area contributed by atoms with Crippen LogP contribution in [0.4, 0.5) is 0 Å². The van der Waals surface area contributed by atoms with Crippen molar-refractivity contribution in [3.63, 3.8) is 0 Å². The van der Waals surface area contributed by atoms with Gasteiger partial charge in [0.2, 0.25) is 0 Å². The van der Waals surface area contributed by atoms with E-state index in [1.807, 2.05) is 48.5 Å². The first-order valence-corrected chi connectivity index (χ1v) is 6.77. The predicted molar refractivity (Wildman–Crippen MR) is 85.7 cm³/mol. The van der Waals surface area contributed by atoms with Gasteiger partial charge in [-0.1, -0.05) is 23.7 Å². The highest BCUT2D eigenvalue weighted by atomic mass is 35.5. The van der Waals surface area contributed by atoms with Crippen LogP contribution in [0.15, 0.2) is 63.6 Å². The lowest BCUT2D eigenvalue weighted by molar-refractivity contribution is 0.455. The molecule has 110 valence electrons. The largest absolute Gasteiger partial charge is 0.468 e. The Morgan fingerprint density at radius 3 is 2.57 bits per heavy atom. The molecule has 0 aliphatic heterocycles. The van der Waals surface area contributed by atoms with E-state index in [1.165, 1.54) is 0 Å². The van der Waals surface area contributed by atoms with Gasteiger partial charge in [0, 0.05) is 10.6 Å². The van der Waals surface area contributed by atoms with Gasteiger partial charge in [-0.2, -0.15) is 0 Å². The maximum absolute atomic E-state index is 5.98. The third kappa shape index (κ3) is 4.14.